The molecule has 2 saturated heterocycles. The molecule has 2 amide bonds. The number of carbonyl (C=O) groups is 2. The van der Waals surface area contributed by atoms with E-state index >= 15 is 0 Å². The fourth-order valence-corrected chi connectivity index (χ4v) is 3.14. The number of hydrogen-bond donors (Lipinski definition) is 2. The predicted molar refractivity (Wildman–Crippen MR) is 68.9 cm³/mol. The quantitative estimate of drug-likeness (QED) is 0.763. The molecule has 1 atom stereocenters. The smallest absolute Gasteiger partial charge is 0.329 e. The Morgan fingerprint density at radius 2 is 1.95 bits per heavy atom. The summed E-state index contributed by atoms with van der Waals surface area (Å²) < 4.78 is 0. The lowest BCUT2D eigenvalue weighted by Crippen LogP contribution is -2.59. The van der Waals surface area contributed by atoms with Crippen molar-refractivity contribution in [3.05, 3.63) is 0 Å². The van der Waals surface area contributed by atoms with E-state index in [-0.39, 0.29) is 6.03 Å². The Morgan fingerprint density at radius 1 is 1.16 bits per heavy atom. The molecule has 2 aliphatic heterocycles. The number of aliphatic carboxylic acids is 1. The van der Waals surface area contributed by atoms with Gasteiger partial charge in [-0.3, -0.25) is 4.90 Å². The number of carbonyl (C=O) groups excluding carboxylic acids is 1. The average molecular weight is 267 g/mol. The SMILES string of the molecule is O=C(NC1(C(=O)O)CC1)N1CCN2CCCCC2C1. The van der Waals surface area contributed by atoms with Gasteiger partial charge < -0.3 is 15.3 Å². The first-order valence-corrected chi connectivity index (χ1v) is 7.15. The monoisotopic (exact) mass is 267 g/mol. The first kappa shape index (κ1) is 12.7. The molecular formula is C13H21N3O3. The van der Waals surface area contributed by atoms with Gasteiger partial charge in [-0.15, -0.1) is 0 Å². The summed E-state index contributed by atoms with van der Waals surface area (Å²) in [6.07, 6.45) is 4.74. The molecule has 3 fully saturated rings. The third kappa shape index (κ3) is 2.41. The van der Waals surface area contributed by atoms with Crippen LogP contribution in [0.3, 0.4) is 0 Å². The molecule has 2 heterocycles. The molecule has 106 valence electrons. The Morgan fingerprint density at radius 3 is 2.63 bits per heavy atom. The highest BCUT2D eigenvalue weighted by atomic mass is 16.4. The fraction of sp³-hybridized carbons (Fsp3) is 0.846. The molecule has 6 nitrogen and oxygen atoms in total. The molecule has 2 N–H and O–H groups in total. The van der Waals surface area contributed by atoms with Crippen LogP contribution in [0.4, 0.5) is 4.79 Å². The number of hydrogen-bond acceptors (Lipinski definition) is 3. The van der Waals surface area contributed by atoms with Gasteiger partial charge in [0.25, 0.3) is 0 Å². The number of fused-ring (bicyclic) bond motifs is 1. The van der Waals surface area contributed by atoms with Crippen LogP contribution in [0, 0.1) is 0 Å². The normalized spacial score (nSPS) is 29.5. The summed E-state index contributed by atoms with van der Waals surface area (Å²) in [6.45, 7) is 3.50. The van der Waals surface area contributed by atoms with Gasteiger partial charge in [0, 0.05) is 25.7 Å². The Balaban J connectivity index is 1.57. The highest BCUT2D eigenvalue weighted by Crippen LogP contribution is 2.35. The van der Waals surface area contributed by atoms with Crippen LogP contribution in [0.2, 0.25) is 0 Å². The van der Waals surface area contributed by atoms with Gasteiger partial charge in [-0.25, -0.2) is 9.59 Å². The third-order valence-electron chi connectivity index (χ3n) is 4.63. The number of nitrogens with zero attached hydrogens (tertiary/aromatic N) is 2. The molecule has 0 aromatic heterocycles. The van der Waals surface area contributed by atoms with Crippen molar-refractivity contribution in [3.8, 4) is 0 Å². The van der Waals surface area contributed by atoms with Gasteiger partial charge in [0.15, 0.2) is 0 Å². The number of nitrogens with one attached hydrogen (secondary N) is 1. The number of amides is 2. The lowest BCUT2D eigenvalue weighted by atomic mass is 10.00. The summed E-state index contributed by atoms with van der Waals surface area (Å²) in [6, 6.07) is 0.262. The first-order chi connectivity index (χ1) is 9.11. The number of piperidine rings is 1. The molecule has 3 rings (SSSR count). The first-order valence-electron chi connectivity index (χ1n) is 7.15. The van der Waals surface area contributed by atoms with Crippen molar-refractivity contribution in [3.63, 3.8) is 0 Å². The summed E-state index contributed by atoms with van der Waals surface area (Å²) in [5.74, 6) is -0.905. The molecule has 1 saturated carbocycles. The van der Waals surface area contributed by atoms with Gasteiger partial charge in [0.1, 0.15) is 5.54 Å². The van der Waals surface area contributed by atoms with Crippen molar-refractivity contribution in [1.29, 1.82) is 0 Å². The lowest BCUT2D eigenvalue weighted by molar-refractivity contribution is -0.140. The van der Waals surface area contributed by atoms with Crippen molar-refractivity contribution < 1.29 is 14.7 Å². The molecule has 3 aliphatic rings. The van der Waals surface area contributed by atoms with E-state index in [1.165, 1.54) is 12.8 Å². The van der Waals surface area contributed by atoms with Gasteiger partial charge in [0.05, 0.1) is 0 Å². The van der Waals surface area contributed by atoms with Crippen LogP contribution in [0.1, 0.15) is 32.1 Å². The zero-order valence-corrected chi connectivity index (χ0v) is 11.1. The molecule has 0 spiro atoms. The average Bonchev–Trinajstić information content (AvgIpc) is 3.19. The van der Waals surface area contributed by atoms with E-state index in [1.54, 1.807) is 4.90 Å². The Bertz CT molecular complexity index is 395. The second-order valence-corrected chi connectivity index (χ2v) is 5.95. The van der Waals surface area contributed by atoms with Crippen molar-refractivity contribution in [2.24, 2.45) is 0 Å². The largest absolute Gasteiger partial charge is 0.480 e. The maximum Gasteiger partial charge on any atom is 0.329 e. The number of carboxylic acids is 1. The molecule has 19 heavy (non-hydrogen) atoms. The number of carboxylic acid groups (broad SMARTS) is 1. The fourth-order valence-electron chi connectivity index (χ4n) is 3.14. The van der Waals surface area contributed by atoms with Crippen molar-refractivity contribution in [2.45, 2.75) is 43.7 Å². The Kier molecular flexibility index (Phi) is 3.12. The molecule has 0 bridgehead atoms. The highest BCUT2D eigenvalue weighted by molar-refractivity contribution is 5.89. The molecule has 6 heteroatoms. The predicted octanol–water partition coefficient (Wildman–Crippen LogP) is 0.483. The second kappa shape index (κ2) is 4.67. The lowest BCUT2D eigenvalue weighted by Gasteiger charge is -2.44. The maximum atomic E-state index is 12.2. The minimum absolute atomic E-state index is 0.204. The van der Waals surface area contributed by atoms with Crippen LogP contribution in [0.25, 0.3) is 0 Å². The molecule has 0 aromatic carbocycles. The van der Waals surface area contributed by atoms with Crippen molar-refractivity contribution in [2.75, 3.05) is 26.2 Å². The molecule has 1 aliphatic carbocycles. The van der Waals surface area contributed by atoms with E-state index < -0.39 is 11.5 Å². The van der Waals surface area contributed by atoms with Crippen LogP contribution in [0.5, 0.6) is 0 Å². The molecule has 0 radical (unpaired) electrons. The minimum Gasteiger partial charge on any atom is -0.480 e. The van der Waals surface area contributed by atoms with Gasteiger partial charge >= 0.3 is 12.0 Å². The van der Waals surface area contributed by atoms with Crippen LogP contribution in [0.15, 0.2) is 0 Å². The van der Waals surface area contributed by atoms with Crippen LogP contribution < -0.4 is 5.32 Å². The van der Waals surface area contributed by atoms with E-state index in [1.807, 2.05) is 0 Å². The standard InChI is InChI=1S/C13H21N3O3/c17-11(18)13(4-5-13)14-12(19)16-8-7-15-6-2-1-3-10(15)9-16/h10H,1-9H2,(H,14,19)(H,17,18). The van der Waals surface area contributed by atoms with Gasteiger partial charge in [-0.1, -0.05) is 6.42 Å². The zero-order chi connectivity index (χ0) is 13.5. The summed E-state index contributed by atoms with van der Waals surface area (Å²) >= 11 is 0. The van der Waals surface area contributed by atoms with Crippen molar-refractivity contribution in [1.82, 2.24) is 15.1 Å². The summed E-state index contributed by atoms with van der Waals surface area (Å²) in [7, 11) is 0. The summed E-state index contributed by atoms with van der Waals surface area (Å²) in [5.41, 5.74) is -0.971. The van der Waals surface area contributed by atoms with Crippen molar-refractivity contribution >= 4 is 12.0 Å². The Hall–Kier alpha value is -1.30. The van der Waals surface area contributed by atoms with Gasteiger partial charge in [-0.05, 0) is 32.2 Å². The minimum atomic E-state index is -0.971. The van der Waals surface area contributed by atoms with E-state index in [0.717, 1.165) is 26.1 Å². The number of urea groups is 1. The van der Waals surface area contributed by atoms with E-state index in [0.29, 0.717) is 25.4 Å². The van der Waals surface area contributed by atoms with Gasteiger partial charge in [-0.2, -0.15) is 0 Å². The Labute approximate surface area is 112 Å². The van der Waals surface area contributed by atoms with E-state index in [9.17, 15) is 9.59 Å². The molecular weight excluding hydrogens is 246 g/mol. The molecule has 0 aromatic rings. The van der Waals surface area contributed by atoms with Gasteiger partial charge in [0.2, 0.25) is 0 Å². The van der Waals surface area contributed by atoms with Crippen LogP contribution in [-0.2, 0) is 4.79 Å². The number of rotatable bonds is 2. The second-order valence-electron chi connectivity index (χ2n) is 5.95. The van der Waals surface area contributed by atoms with Crippen LogP contribution >= 0.6 is 0 Å². The summed E-state index contributed by atoms with van der Waals surface area (Å²) in [5, 5.41) is 11.8. The summed E-state index contributed by atoms with van der Waals surface area (Å²) in [4.78, 5) is 27.5. The van der Waals surface area contributed by atoms with E-state index in [4.69, 9.17) is 5.11 Å². The highest BCUT2D eigenvalue weighted by Gasteiger charge is 2.52. The zero-order valence-electron chi connectivity index (χ0n) is 11.1. The number of piperazine rings is 1. The maximum absolute atomic E-state index is 12.2. The van der Waals surface area contributed by atoms with E-state index in [2.05, 4.69) is 10.2 Å². The van der Waals surface area contributed by atoms with Crippen LogP contribution in [-0.4, -0.2) is 64.7 Å². The topological polar surface area (TPSA) is 72.9 Å². The third-order valence-corrected chi connectivity index (χ3v) is 4.63. The molecule has 1 unspecified atom stereocenters.